The molecule has 0 atom stereocenters. The van der Waals surface area contributed by atoms with Crippen LogP contribution >= 0.6 is 0 Å². The maximum absolute atomic E-state index is 12.3. The molecule has 0 aliphatic carbocycles. The van der Waals surface area contributed by atoms with Gasteiger partial charge in [0.15, 0.2) is 0 Å². The van der Waals surface area contributed by atoms with Gasteiger partial charge >= 0.3 is 0 Å². The molecule has 5 nitrogen and oxygen atoms in total. The van der Waals surface area contributed by atoms with Crippen LogP contribution < -0.4 is 5.32 Å². The molecule has 0 fully saturated rings. The predicted molar refractivity (Wildman–Crippen MR) is 94.0 cm³/mol. The number of imidazole rings is 1. The van der Waals surface area contributed by atoms with Gasteiger partial charge < -0.3 is 14.6 Å². The lowest BCUT2D eigenvalue weighted by atomic mass is 10.1. The molecule has 1 N–H and O–H groups in total. The maximum atomic E-state index is 12.3. The summed E-state index contributed by atoms with van der Waals surface area (Å²) in [5.41, 5.74) is 3.71. The van der Waals surface area contributed by atoms with E-state index in [2.05, 4.69) is 14.9 Å². The van der Waals surface area contributed by atoms with Crippen molar-refractivity contribution < 1.29 is 9.53 Å². The van der Waals surface area contributed by atoms with Crippen molar-refractivity contribution in [2.24, 2.45) is 0 Å². The van der Waals surface area contributed by atoms with E-state index in [0.717, 1.165) is 22.4 Å². The lowest BCUT2D eigenvalue weighted by Gasteiger charge is -2.09. The Morgan fingerprint density at radius 2 is 2.04 bits per heavy atom. The first-order valence-corrected chi connectivity index (χ1v) is 7.97. The standard InChI is InChI=1S/C19H21N3O2/c1-14-21-17-8-3-4-9-18(17)22(14)11-10-20-19(23)16-7-5-6-15(12-16)13-24-2/h3-9,12H,10-11,13H2,1-2H3,(H,20,23). The molecule has 2 aromatic carbocycles. The number of fused-ring (bicyclic) bond motifs is 1. The van der Waals surface area contributed by atoms with Crippen molar-refractivity contribution in [3.8, 4) is 0 Å². The number of carbonyl (C=O) groups excluding carboxylic acids is 1. The molecule has 0 saturated carbocycles. The van der Waals surface area contributed by atoms with E-state index in [9.17, 15) is 4.79 Å². The van der Waals surface area contributed by atoms with Crippen LogP contribution in [0.4, 0.5) is 0 Å². The molecule has 0 spiro atoms. The van der Waals surface area contributed by atoms with E-state index in [0.29, 0.717) is 25.3 Å². The molecule has 0 radical (unpaired) electrons. The smallest absolute Gasteiger partial charge is 0.251 e. The summed E-state index contributed by atoms with van der Waals surface area (Å²) in [4.78, 5) is 16.8. The first-order chi connectivity index (χ1) is 11.7. The van der Waals surface area contributed by atoms with Crippen LogP contribution in [0.1, 0.15) is 21.7 Å². The van der Waals surface area contributed by atoms with Crippen molar-refractivity contribution in [1.82, 2.24) is 14.9 Å². The molecule has 0 aliphatic rings. The van der Waals surface area contributed by atoms with Crippen LogP contribution in [-0.2, 0) is 17.9 Å². The van der Waals surface area contributed by atoms with E-state index in [-0.39, 0.29) is 5.91 Å². The Bertz CT molecular complexity index is 855. The highest BCUT2D eigenvalue weighted by molar-refractivity contribution is 5.94. The summed E-state index contributed by atoms with van der Waals surface area (Å²) < 4.78 is 7.23. The van der Waals surface area contributed by atoms with Crippen molar-refractivity contribution in [1.29, 1.82) is 0 Å². The molecule has 24 heavy (non-hydrogen) atoms. The molecular formula is C19H21N3O2. The molecule has 3 rings (SSSR count). The Balaban J connectivity index is 1.64. The molecule has 0 unspecified atom stereocenters. The average Bonchev–Trinajstić information content (AvgIpc) is 2.91. The van der Waals surface area contributed by atoms with E-state index in [4.69, 9.17) is 4.74 Å². The van der Waals surface area contributed by atoms with Crippen molar-refractivity contribution >= 4 is 16.9 Å². The van der Waals surface area contributed by atoms with E-state index in [1.807, 2.05) is 55.5 Å². The fourth-order valence-electron chi connectivity index (χ4n) is 2.83. The quantitative estimate of drug-likeness (QED) is 0.759. The second-order valence-corrected chi connectivity index (χ2v) is 5.69. The van der Waals surface area contributed by atoms with Crippen LogP contribution in [-0.4, -0.2) is 29.1 Å². The highest BCUT2D eigenvalue weighted by atomic mass is 16.5. The number of carbonyl (C=O) groups is 1. The van der Waals surface area contributed by atoms with E-state index < -0.39 is 0 Å². The molecule has 1 heterocycles. The van der Waals surface area contributed by atoms with Crippen molar-refractivity contribution in [3.05, 3.63) is 65.5 Å². The number of amides is 1. The van der Waals surface area contributed by atoms with Gasteiger partial charge in [-0.1, -0.05) is 24.3 Å². The number of ether oxygens (including phenoxy) is 1. The normalized spacial score (nSPS) is 10.9. The lowest BCUT2D eigenvalue weighted by molar-refractivity contribution is 0.0952. The van der Waals surface area contributed by atoms with Crippen LogP contribution in [0.25, 0.3) is 11.0 Å². The van der Waals surface area contributed by atoms with Gasteiger partial charge in [0.25, 0.3) is 5.91 Å². The van der Waals surface area contributed by atoms with Crippen molar-refractivity contribution in [2.45, 2.75) is 20.1 Å². The first-order valence-electron chi connectivity index (χ1n) is 7.97. The Morgan fingerprint density at radius 1 is 1.21 bits per heavy atom. The van der Waals surface area contributed by atoms with E-state index in [1.54, 1.807) is 7.11 Å². The summed E-state index contributed by atoms with van der Waals surface area (Å²) in [5, 5.41) is 2.97. The zero-order valence-electron chi connectivity index (χ0n) is 14.0. The molecule has 124 valence electrons. The molecule has 1 aromatic heterocycles. The summed E-state index contributed by atoms with van der Waals surface area (Å²) in [6.45, 7) is 3.72. The SMILES string of the molecule is COCc1cccc(C(=O)NCCn2c(C)nc3ccccc32)c1. The third-order valence-corrected chi connectivity index (χ3v) is 3.97. The van der Waals surface area contributed by atoms with Crippen LogP contribution in [0.2, 0.25) is 0 Å². The molecule has 1 amide bonds. The van der Waals surface area contributed by atoms with Gasteiger partial charge in [0, 0.05) is 25.8 Å². The van der Waals surface area contributed by atoms with Gasteiger partial charge in [0.1, 0.15) is 5.82 Å². The summed E-state index contributed by atoms with van der Waals surface area (Å²) >= 11 is 0. The highest BCUT2D eigenvalue weighted by Gasteiger charge is 2.08. The number of aromatic nitrogens is 2. The Labute approximate surface area is 141 Å². The predicted octanol–water partition coefficient (Wildman–Crippen LogP) is 2.92. The molecule has 5 heteroatoms. The fourth-order valence-corrected chi connectivity index (χ4v) is 2.83. The topological polar surface area (TPSA) is 56.1 Å². The number of hydrogen-bond acceptors (Lipinski definition) is 3. The van der Waals surface area contributed by atoms with Gasteiger partial charge in [-0.25, -0.2) is 4.98 Å². The average molecular weight is 323 g/mol. The van der Waals surface area contributed by atoms with E-state index >= 15 is 0 Å². The number of para-hydroxylation sites is 2. The van der Waals surface area contributed by atoms with Crippen LogP contribution in [0.15, 0.2) is 48.5 Å². The second kappa shape index (κ2) is 7.27. The number of methoxy groups -OCH3 is 1. The van der Waals surface area contributed by atoms with Gasteiger partial charge in [-0.05, 0) is 36.8 Å². The van der Waals surface area contributed by atoms with Crippen LogP contribution in [0, 0.1) is 6.92 Å². The van der Waals surface area contributed by atoms with Gasteiger partial charge in [-0.3, -0.25) is 4.79 Å². The summed E-state index contributed by atoms with van der Waals surface area (Å²) in [6.07, 6.45) is 0. The van der Waals surface area contributed by atoms with Crippen molar-refractivity contribution in [2.75, 3.05) is 13.7 Å². The number of aryl methyl sites for hydroxylation is 1. The highest BCUT2D eigenvalue weighted by Crippen LogP contribution is 2.14. The third-order valence-electron chi connectivity index (χ3n) is 3.97. The summed E-state index contributed by atoms with van der Waals surface area (Å²) in [6, 6.07) is 15.5. The van der Waals surface area contributed by atoms with Gasteiger partial charge in [-0.15, -0.1) is 0 Å². The minimum Gasteiger partial charge on any atom is -0.380 e. The van der Waals surface area contributed by atoms with Crippen molar-refractivity contribution in [3.63, 3.8) is 0 Å². The summed E-state index contributed by atoms with van der Waals surface area (Å²) in [7, 11) is 1.64. The molecule has 0 saturated heterocycles. The maximum Gasteiger partial charge on any atom is 0.251 e. The molecule has 0 aliphatic heterocycles. The number of nitrogens with one attached hydrogen (secondary N) is 1. The number of rotatable bonds is 6. The minimum atomic E-state index is -0.0740. The van der Waals surface area contributed by atoms with Gasteiger partial charge in [0.2, 0.25) is 0 Å². The lowest BCUT2D eigenvalue weighted by Crippen LogP contribution is -2.27. The molecule has 0 bridgehead atoms. The Morgan fingerprint density at radius 3 is 2.88 bits per heavy atom. The number of hydrogen-bond donors (Lipinski definition) is 1. The molecule has 3 aromatic rings. The second-order valence-electron chi connectivity index (χ2n) is 5.69. The first kappa shape index (κ1) is 16.2. The Hall–Kier alpha value is -2.66. The van der Waals surface area contributed by atoms with Crippen LogP contribution in [0.5, 0.6) is 0 Å². The third kappa shape index (κ3) is 3.46. The summed E-state index contributed by atoms with van der Waals surface area (Å²) in [5.74, 6) is 0.877. The Kier molecular flexibility index (Phi) is 4.91. The number of benzene rings is 2. The number of nitrogens with zero attached hydrogens (tertiary/aromatic N) is 2. The van der Waals surface area contributed by atoms with E-state index in [1.165, 1.54) is 0 Å². The minimum absolute atomic E-state index is 0.0740. The zero-order valence-corrected chi connectivity index (χ0v) is 14.0. The van der Waals surface area contributed by atoms with Gasteiger partial charge in [0.05, 0.1) is 17.6 Å². The largest absolute Gasteiger partial charge is 0.380 e. The zero-order chi connectivity index (χ0) is 16.9. The monoisotopic (exact) mass is 323 g/mol. The van der Waals surface area contributed by atoms with Gasteiger partial charge in [-0.2, -0.15) is 0 Å². The molecular weight excluding hydrogens is 302 g/mol. The van der Waals surface area contributed by atoms with Crippen LogP contribution in [0.3, 0.4) is 0 Å². The fraction of sp³-hybridized carbons (Fsp3) is 0.263.